The largest absolute Gasteiger partial charge is 0.508 e. The van der Waals surface area contributed by atoms with Gasteiger partial charge in [0.25, 0.3) is 5.91 Å². The molecule has 0 bridgehead atoms. The van der Waals surface area contributed by atoms with Gasteiger partial charge in [-0.25, -0.2) is 4.79 Å². The summed E-state index contributed by atoms with van der Waals surface area (Å²) >= 11 is 1.29. The number of phenols is 1. The summed E-state index contributed by atoms with van der Waals surface area (Å²) in [5.41, 5.74) is 2.45. The molecule has 2 aromatic rings. The van der Waals surface area contributed by atoms with Crippen molar-refractivity contribution >= 4 is 28.9 Å². The number of likely N-dealkylation sites (tertiary alicyclic amines) is 1. The second-order valence-corrected chi connectivity index (χ2v) is 8.96. The Morgan fingerprint density at radius 2 is 1.97 bits per heavy atom. The van der Waals surface area contributed by atoms with Crippen LogP contribution in [0.4, 0.5) is 5.69 Å². The number of aryl methyl sites for hydroxylation is 1. The van der Waals surface area contributed by atoms with E-state index in [1.54, 1.807) is 12.1 Å². The number of carbonyl (C=O) groups excluding carboxylic acids is 2. The Balaban J connectivity index is 0.00000341. The fourth-order valence-corrected chi connectivity index (χ4v) is 5.53. The predicted octanol–water partition coefficient (Wildman–Crippen LogP) is 4.46. The molecular formula is C23H31N2O4SY+. The normalized spacial score (nSPS) is 16.1. The van der Waals surface area contributed by atoms with Gasteiger partial charge >= 0.3 is 5.97 Å². The number of methoxy groups -OCH3 is 1. The van der Waals surface area contributed by atoms with E-state index in [4.69, 9.17) is 4.74 Å². The predicted molar refractivity (Wildman–Crippen MR) is 119 cm³/mol. The average Bonchev–Trinajstić information content (AvgIpc) is 3.09. The van der Waals surface area contributed by atoms with Gasteiger partial charge in [0.15, 0.2) is 6.04 Å². The second-order valence-electron chi connectivity index (χ2n) is 8.08. The van der Waals surface area contributed by atoms with Crippen LogP contribution in [0, 0.1) is 6.92 Å². The van der Waals surface area contributed by atoms with E-state index in [0.717, 1.165) is 37.1 Å². The number of ether oxygens (including phenoxy) is 1. The second kappa shape index (κ2) is 11.5. The minimum absolute atomic E-state index is 0. The summed E-state index contributed by atoms with van der Waals surface area (Å²) in [6.45, 7) is 6.48. The van der Waals surface area contributed by atoms with Crippen molar-refractivity contribution in [3.63, 3.8) is 0 Å². The zero-order valence-corrected chi connectivity index (χ0v) is 22.2. The first-order chi connectivity index (χ1) is 14.4. The number of anilines is 1. The van der Waals surface area contributed by atoms with Crippen LogP contribution in [0.3, 0.4) is 0 Å². The number of aromatic hydroxyl groups is 1. The fourth-order valence-electron chi connectivity index (χ4n) is 4.61. The maximum Gasteiger partial charge on any atom is 0.350 e. The van der Waals surface area contributed by atoms with Gasteiger partial charge in [0, 0.05) is 44.7 Å². The van der Waals surface area contributed by atoms with Crippen molar-refractivity contribution in [1.29, 1.82) is 0 Å². The van der Waals surface area contributed by atoms with E-state index < -0.39 is 5.97 Å². The first-order valence-corrected chi connectivity index (χ1v) is 11.4. The number of carbonyl (C=O) groups is 2. The monoisotopic (exact) mass is 520 g/mol. The number of phenolic OH excluding ortho intramolecular Hbond substituents is 1. The van der Waals surface area contributed by atoms with Gasteiger partial charge in [-0.1, -0.05) is 19.1 Å². The molecule has 6 nitrogen and oxygen atoms in total. The van der Waals surface area contributed by atoms with Crippen LogP contribution in [0.15, 0.2) is 29.6 Å². The third-order valence-electron chi connectivity index (χ3n) is 6.06. The molecule has 8 heteroatoms. The molecule has 2 heterocycles. The maximum absolute atomic E-state index is 13.5. The summed E-state index contributed by atoms with van der Waals surface area (Å²) in [4.78, 5) is 26.0. The van der Waals surface area contributed by atoms with E-state index in [0.29, 0.717) is 28.0 Å². The van der Waals surface area contributed by atoms with E-state index in [-0.39, 0.29) is 50.4 Å². The molecule has 1 atom stereocenters. The van der Waals surface area contributed by atoms with Crippen molar-refractivity contribution in [2.75, 3.05) is 25.5 Å². The van der Waals surface area contributed by atoms with Crippen molar-refractivity contribution in [1.82, 2.24) is 0 Å². The first-order valence-electron chi connectivity index (χ1n) is 10.5. The van der Waals surface area contributed by atoms with Gasteiger partial charge in [-0.2, -0.15) is 0 Å². The number of nitrogens with zero attached hydrogens (tertiary/aromatic N) is 1. The summed E-state index contributed by atoms with van der Waals surface area (Å²) in [5.74, 6) is -0.249. The average molecular weight is 520 g/mol. The maximum atomic E-state index is 13.5. The molecule has 0 aliphatic carbocycles. The van der Waals surface area contributed by atoms with Crippen LogP contribution in [0.1, 0.15) is 53.4 Å². The molecule has 2 N–H and O–H groups in total. The molecule has 1 fully saturated rings. The zero-order valence-electron chi connectivity index (χ0n) is 18.5. The molecule has 1 amide bonds. The van der Waals surface area contributed by atoms with E-state index >= 15 is 0 Å². The number of amides is 1. The smallest absolute Gasteiger partial charge is 0.350 e. The molecule has 1 unspecified atom stereocenters. The van der Waals surface area contributed by atoms with Crippen molar-refractivity contribution in [2.45, 2.75) is 52.1 Å². The molecule has 1 aromatic heterocycles. The van der Waals surface area contributed by atoms with Gasteiger partial charge in [0.05, 0.1) is 25.9 Å². The Hall–Kier alpha value is -1.28. The molecule has 31 heavy (non-hydrogen) atoms. The van der Waals surface area contributed by atoms with E-state index in [2.05, 4.69) is 5.32 Å². The number of thiophene rings is 1. The molecule has 1 aliphatic rings. The summed E-state index contributed by atoms with van der Waals surface area (Å²) < 4.78 is 5.55. The third-order valence-corrected chi connectivity index (χ3v) is 7.14. The zero-order chi connectivity index (χ0) is 21.7. The van der Waals surface area contributed by atoms with Gasteiger partial charge < -0.3 is 19.6 Å². The van der Waals surface area contributed by atoms with E-state index in [9.17, 15) is 14.7 Å². The molecule has 165 valence electrons. The van der Waals surface area contributed by atoms with Crippen LogP contribution in [-0.4, -0.2) is 47.7 Å². The van der Waals surface area contributed by atoms with Crippen molar-refractivity contribution in [3.05, 3.63) is 45.6 Å². The van der Waals surface area contributed by atoms with Crippen molar-refractivity contribution < 1.29 is 56.6 Å². The van der Waals surface area contributed by atoms with Gasteiger partial charge in [0.2, 0.25) is 0 Å². The topological polar surface area (TPSA) is 75.6 Å². The fraction of sp³-hybridized carbons (Fsp3) is 0.478. The molecule has 3 rings (SSSR count). The quantitative estimate of drug-likeness (QED) is 0.418. The summed E-state index contributed by atoms with van der Waals surface area (Å²) in [5, 5.41) is 14.8. The molecule has 1 radical (unpaired) electrons. The SMILES string of the molecule is CCC(C(=O)Nc1c(C)csc1C(=O)OC)[N+]1(Cc2cccc(O)c2)CCCCC1.[Y]. The molecule has 1 aliphatic heterocycles. The number of hydrogen-bond donors (Lipinski definition) is 2. The Morgan fingerprint density at radius 3 is 2.58 bits per heavy atom. The molecule has 1 aromatic carbocycles. The number of nitrogens with one attached hydrogen (secondary N) is 1. The molecule has 0 saturated carbocycles. The standard InChI is InChI=1S/C23H30N2O4S.Y/c1-4-19(22(27)24-20-16(2)15-30-21(20)23(28)29-3)25(11-6-5-7-12-25)14-17-9-8-10-18(26)13-17;/h8-10,13,15,19H,4-7,11-12,14H2,1-3H3,(H-,24,26,27,28);/p+1. The third kappa shape index (κ3) is 5.95. The van der Waals surface area contributed by atoms with Gasteiger partial charge in [-0.15, -0.1) is 11.3 Å². The summed E-state index contributed by atoms with van der Waals surface area (Å²) in [6, 6.07) is 7.08. The number of hydrogen-bond acceptors (Lipinski definition) is 5. The van der Waals surface area contributed by atoms with Crippen LogP contribution in [0.2, 0.25) is 0 Å². The van der Waals surface area contributed by atoms with Crippen molar-refractivity contribution in [2.24, 2.45) is 0 Å². The summed E-state index contributed by atoms with van der Waals surface area (Å²) in [6.07, 6.45) is 4.02. The number of esters is 1. The summed E-state index contributed by atoms with van der Waals surface area (Å²) in [7, 11) is 1.35. The minimum atomic E-state index is -0.432. The van der Waals surface area contributed by atoms with Crippen LogP contribution >= 0.6 is 11.3 Å². The molecule has 1 saturated heterocycles. The van der Waals surface area contributed by atoms with Crippen LogP contribution in [-0.2, 0) is 48.8 Å². The number of rotatable bonds is 7. The number of piperidine rings is 1. The molecular weight excluding hydrogens is 489 g/mol. The first kappa shape index (κ1) is 26.0. The van der Waals surface area contributed by atoms with Gasteiger partial charge in [-0.05, 0) is 49.3 Å². The minimum Gasteiger partial charge on any atom is -0.508 e. The van der Waals surface area contributed by atoms with Crippen molar-refractivity contribution in [3.8, 4) is 5.75 Å². The van der Waals surface area contributed by atoms with Crippen LogP contribution < -0.4 is 5.32 Å². The van der Waals surface area contributed by atoms with Crippen LogP contribution in [0.5, 0.6) is 5.75 Å². The Bertz CT molecular complexity index is 909. The molecule has 0 spiro atoms. The Morgan fingerprint density at radius 1 is 1.26 bits per heavy atom. The van der Waals surface area contributed by atoms with Gasteiger partial charge in [0.1, 0.15) is 17.2 Å². The number of benzene rings is 1. The van der Waals surface area contributed by atoms with E-state index in [1.807, 2.05) is 31.4 Å². The van der Waals surface area contributed by atoms with Gasteiger partial charge in [-0.3, -0.25) is 4.79 Å². The number of quaternary nitrogens is 1. The Kier molecular flexibility index (Phi) is 9.68. The van der Waals surface area contributed by atoms with E-state index in [1.165, 1.54) is 24.9 Å². The Labute approximate surface area is 213 Å². The van der Waals surface area contributed by atoms with Crippen LogP contribution in [0.25, 0.3) is 0 Å².